The van der Waals surface area contributed by atoms with E-state index in [2.05, 4.69) is 65.5 Å². The first-order chi connectivity index (χ1) is 37.3. The topological polar surface area (TPSA) is 236 Å². The van der Waals surface area contributed by atoms with E-state index >= 15 is 0 Å². The molecule has 6 atom stereocenters. The number of benzene rings is 4. The van der Waals surface area contributed by atoms with Crippen LogP contribution in [0.1, 0.15) is 76.4 Å². The Bertz CT molecular complexity index is 3310. The minimum absolute atomic E-state index is 0.0684. The molecule has 8 aromatic rings. The largest absolute Gasteiger partial charge is 0.453 e. The summed E-state index contributed by atoms with van der Waals surface area (Å²) in [6.07, 6.45) is 7.21. The zero-order valence-corrected chi connectivity index (χ0v) is 43.8. The second-order valence-electron chi connectivity index (χ2n) is 20.3. The number of likely N-dealkylation sites (tertiary alicyclic amines) is 2. The zero-order valence-electron chi connectivity index (χ0n) is 43.8. The lowest BCUT2D eigenvalue weighted by atomic mass is 9.94. The maximum Gasteiger partial charge on any atom is 0.407 e. The van der Waals surface area contributed by atoms with Gasteiger partial charge in [-0.05, 0) is 46.9 Å². The van der Waals surface area contributed by atoms with Crippen molar-refractivity contribution >= 4 is 24.0 Å². The Morgan fingerprint density at radius 1 is 0.571 bits per heavy atom. The molecule has 2 aliphatic heterocycles. The van der Waals surface area contributed by atoms with Crippen LogP contribution in [-0.4, -0.2) is 124 Å². The number of hydrogen-bond acceptors (Lipinski definition) is 12. The number of aromatic amines is 2. The van der Waals surface area contributed by atoms with E-state index in [0.717, 1.165) is 56.2 Å². The van der Waals surface area contributed by atoms with Crippen LogP contribution in [0.3, 0.4) is 0 Å². The summed E-state index contributed by atoms with van der Waals surface area (Å²) in [6.45, 7) is 8.56. The average molecular weight is 1040 g/mol. The number of ether oxygens (including phenoxy) is 2. The van der Waals surface area contributed by atoms with Crippen LogP contribution in [0.25, 0.3) is 56.2 Å². The second kappa shape index (κ2) is 22.5. The maximum absolute atomic E-state index is 14.5. The highest BCUT2D eigenvalue weighted by Gasteiger charge is 2.44. The minimum Gasteiger partial charge on any atom is -0.453 e. The molecule has 10 rings (SSSR count). The van der Waals surface area contributed by atoms with Gasteiger partial charge in [0.25, 0.3) is 0 Å². The summed E-state index contributed by atoms with van der Waals surface area (Å²) in [6, 6.07) is 34.0. The number of amides is 4. The van der Waals surface area contributed by atoms with Gasteiger partial charge in [0.2, 0.25) is 11.8 Å². The smallest absolute Gasteiger partial charge is 0.407 e. The van der Waals surface area contributed by atoms with E-state index in [1.807, 2.05) is 139 Å². The Morgan fingerprint density at radius 3 is 1.44 bits per heavy atom. The molecule has 4 amide bonds. The third-order valence-corrected chi connectivity index (χ3v) is 14.7. The van der Waals surface area contributed by atoms with Crippen molar-refractivity contribution in [3.63, 3.8) is 0 Å². The van der Waals surface area contributed by atoms with Gasteiger partial charge in [0, 0.05) is 30.8 Å². The molecule has 20 nitrogen and oxygen atoms in total. The van der Waals surface area contributed by atoms with Crippen molar-refractivity contribution in [3.05, 3.63) is 146 Å². The number of aromatic nitrogens is 10. The molecule has 2 unspecified atom stereocenters. The molecule has 396 valence electrons. The van der Waals surface area contributed by atoms with Crippen LogP contribution in [0.4, 0.5) is 9.59 Å². The summed E-state index contributed by atoms with van der Waals surface area (Å²) in [7, 11) is 2.58. The summed E-state index contributed by atoms with van der Waals surface area (Å²) in [5.74, 6) is 0.148. The predicted molar refractivity (Wildman–Crippen MR) is 287 cm³/mol. The molecule has 77 heavy (non-hydrogen) atoms. The summed E-state index contributed by atoms with van der Waals surface area (Å²) in [5.41, 5.74) is 8.83. The zero-order chi connectivity index (χ0) is 53.7. The van der Waals surface area contributed by atoms with Gasteiger partial charge in [0.15, 0.2) is 0 Å². The lowest BCUT2D eigenvalue weighted by Gasteiger charge is -2.29. The molecule has 2 aliphatic rings. The normalized spacial score (nSPS) is 18.1. The minimum atomic E-state index is -0.824. The standard InChI is InChI=1S/C57H62N14O6/c1-34(2)44(27-60-56(74)76-5)54(72)68-30-42(70-32-47(64-66-70)38-13-9-7-10-14-38)25-49(68)52-58-28-45(61-52)40-21-17-36(18-22-40)37-19-23-41(24-20-37)46-29-59-53(62-46)50-26-43(71-33-48(65-67-71)39-15-11-8-12-16-39)31-69(50)55(73)51(35(3)4)63-57(75)77-6/h7-24,28-29,32-35,42-44,49-51H,25-27,30-31H2,1-6H3,(H,58,61)(H,59,62)(H,60,74)(H,63,75)/t42-,43-,44-,49?,50?,51-/m0/s1. The predicted octanol–water partition coefficient (Wildman–Crippen LogP) is 8.69. The van der Waals surface area contributed by atoms with Crippen molar-refractivity contribution in [2.45, 2.75) is 70.7 Å². The van der Waals surface area contributed by atoms with E-state index in [-0.39, 0.29) is 42.3 Å². The summed E-state index contributed by atoms with van der Waals surface area (Å²) < 4.78 is 13.4. The molecule has 4 aromatic heterocycles. The third-order valence-electron chi connectivity index (χ3n) is 14.7. The quantitative estimate of drug-likeness (QED) is 0.0711. The molecule has 0 bridgehead atoms. The number of hydrogen-bond donors (Lipinski definition) is 4. The van der Waals surface area contributed by atoms with Crippen LogP contribution >= 0.6 is 0 Å². The Balaban J connectivity index is 0.851. The average Bonchev–Trinajstić information content (AvgIpc) is 4.34. The van der Waals surface area contributed by atoms with Crippen molar-refractivity contribution in [1.82, 2.24) is 70.4 Å². The van der Waals surface area contributed by atoms with E-state index in [0.29, 0.717) is 37.6 Å². The van der Waals surface area contributed by atoms with Crippen LogP contribution < -0.4 is 10.6 Å². The number of alkyl carbamates (subject to hydrolysis) is 2. The first-order valence-electron chi connectivity index (χ1n) is 25.9. The fourth-order valence-corrected chi connectivity index (χ4v) is 10.4. The van der Waals surface area contributed by atoms with Gasteiger partial charge in [-0.2, -0.15) is 0 Å². The number of carbonyl (C=O) groups is 4. The number of rotatable bonds is 16. The van der Waals surface area contributed by atoms with Crippen LogP contribution in [0.5, 0.6) is 0 Å². The maximum atomic E-state index is 14.5. The summed E-state index contributed by atoms with van der Waals surface area (Å²) in [5, 5.41) is 23.4. The fourth-order valence-electron chi connectivity index (χ4n) is 10.4. The molecule has 2 saturated heterocycles. The molecule has 0 radical (unpaired) electrons. The first kappa shape index (κ1) is 51.5. The number of imidazole rings is 2. The lowest BCUT2D eigenvalue weighted by Crippen LogP contribution is -2.51. The molecule has 4 N–H and O–H groups in total. The molecular formula is C57H62N14O6. The van der Waals surface area contributed by atoms with Crippen molar-refractivity contribution in [3.8, 4) is 56.2 Å². The van der Waals surface area contributed by atoms with E-state index < -0.39 is 36.2 Å². The molecular weight excluding hydrogens is 977 g/mol. The van der Waals surface area contributed by atoms with Crippen molar-refractivity contribution in [2.75, 3.05) is 33.9 Å². The van der Waals surface area contributed by atoms with Crippen molar-refractivity contribution in [2.24, 2.45) is 17.8 Å². The van der Waals surface area contributed by atoms with E-state index in [4.69, 9.17) is 19.4 Å². The van der Waals surface area contributed by atoms with Gasteiger partial charge in [0.05, 0.1) is 80.5 Å². The first-order valence-corrected chi connectivity index (χ1v) is 25.9. The van der Waals surface area contributed by atoms with Gasteiger partial charge in [0.1, 0.15) is 29.1 Å². The third kappa shape index (κ3) is 11.1. The number of carbonyl (C=O) groups excluding carboxylic acids is 4. The van der Waals surface area contributed by atoms with Crippen LogP contribution in [0.2, 0.25) is 0 Å². The summed E-state index contributed by atoms with van der Waals surface area (Å²) >= 11 is 0. The SMILES string of the molecule is COC(=O)NC[C@H](C(=O)N1C[C@@H](n2cc(-c3ccccc3)nn2)CC1c1ncc(-c2ccc(-c3ccc(-c4cnc(C5C[C@H](n6cc(-c7ccccc7)nn6)CN5C(=O)[C@@H](NC(=O)OC)C(C)C)[nH]4)cc3)cc2)[nH]1)C(C)C. The molecule has 0 saturated carbocycles. The van der Waals surface area contributed by atoms with Crippen molar-refractivity contribution < 1.29 is 28.7 Å². The molecule has 20 heteroatoms. The van der Waals surface area contributed by atoms with Gasteiger partial charge in [-0.15, -0.1) is 10.2 Å². The van der Waals surface area contributed by atoms with Crippen LogP contribution in [0, 0.1) is 17.8 Å². The second-order valence-corrected chi connectivity index (χ2v) is 20.3. The van der Waals surface area contributed by atoms with E-state index in [1.54, 1.807) is 17.3 Å². The van der Waals surface area contributed by atoms with Gasteiger partial charge in [-0.25, -0.2) is 28.9 Å². The number of methoxy groups -OCH3 is 2. The molecule has 6 heterocycles. The van der Waals surface area contributed by atoms with E-state index in [9.17, 15) is 19.2 Å². The molecule has 2 fully saturated rings. The van der Waals surface area contributed by atoms with Gasteiger partial charge in [-0.3, -0.25) is 9.59 Å². The lowest BCUT2D eigenvalue weighted by molar-refractivity contribution is -0.138. The highest BCUT2D eigenvalue weighted by Crippen LogP contribution is 2.41. The highest BCUT2D eigenvalue weighted by molar-refractivity contribution is 5.86. The Hall–Kier alpha value is -8.94. The van der Waals surface area contributed by atoms with E-state index in [1.165, 1.54) is 14.2 Å². The highest BCUT2D eigenvalue weighted by atomic mass is 16.5. The molecule has 0 spiro atoms. The fraction of sp³-hybridized carbons (Fsp3) is 0.333. The monoisotopic (exact) mass is 1040 g/mol. The van der Waals surface area contributed by atoms with Gasteiger partial charge >= 0.3 is 12.2 Å². The molecule has 4 aromatic carbocycles. The molecule has 0 aliphatic carbocycles. The van der Waals surface area contributed by atoms with Gasteiger partial charge < -0.3 is 39.9 Å². The number of nitrogens with one attached hydrogen (secondary N) is 4. The Labute approximate surface area is 445 Å². The van der Waals surface area contributed by atoms with Gasteiger partial charge in [-0.1, -0.05) is 147 Å². The number of nitrogens with zero attached hydrogens (tertiary/aromatic N) is 10. The summed E-state index contributed by atoms with van der Waals surface area (Å²) in [4.78, 5) is 73.7. The Kier molecular flexibility index (Phi) is 15.1. The van der Waals surface area contributed by atoms with Crippen LogP contribution in [-0.2, 0) is 19.1 Å². The number of H-pyrrole nitrogens is 2. The van der Waals surface area contributed by atoms with Crippen LogP contribution in [0.15, 0.2) is 134 Å². The van der Waals surface area contributed by atoms with Crippen molar-refractivity contribution in [1.29, 1.82) is 0 Å². The Morgan fingerprint density at radius 2 is 1.01 bits per heavy atom.